The average Bonchev–Trinajstić information content (AvgIpc) is 2.32. The number of hydrogen-bond acceptors (Lipinski definition) is 2. The van der Waals surface area contributed by atoms with Crippen molar-refractivity contribution in [3.8, 4) is 5.75 Å². The van der Waals surface area contributed by atoms with Crippen molar-refractivity contribution in [1.82, 2.24) is 0 Å². The highest BCUT2D eigenvalue weighted by atomic mass is 127. The summed E-state index contributed by atoms with van der Waals surface area (Å²) >= 11 is 5.13. The molecule has 0 fully saturated rings. The summed E-state index contributed by atoms with van der Waals surface area (Å²) < 4.78 is 14.2. The van der Waals surface area contributed by atoms with E-state index in [4.69, 9.17) is 0 Å². The standard InChI is InChI=1S/C13H8BrFINO2/c14-7-1-3-9(12(18)5-7)13(19)17-11-4-2-8(15)6-10(11)16/h1-6,18H,(H,17,19). The maximum atomic E-state index is 13.0. The van der Waals surface area contributed by atoms with Crippen LogP contribution in [0, 0.1) is 9.39 Å². The van der Waals surface area contributed by atoms with Crippen molar-refractivity contribution in [2.75, 3.05) is 5.32 Å². The molecule has 0 atom stereocenters. The third-order valence-corrected chi connectivity index (χ3v) is 3.77. The third-order valence-electron chi connectivity index (χ3n) is 2.38. The van der Waals surface area contributed by atoms with Gasteiger partial charge in [-0.05, 0) is 59.0 Å². The Hall–Kier alpha value is -1.15. The fraction of sp³-hybridized carbons (Fsp3) is 0. The summed E-state index contributed by atoms with van der Waals surface area (Å²) in [5, 5.41) is 12.3. The number of rotatable bonds is 2. The molecule has 98 valence electrons. The molecule has 0 aromatic heterocycles. The first-order chi connectivity index (χ1) is 8.97. The fourth-order valence-corrected chi connectivity index (χ4v) is 2.44. The van der Waals surface area contributed by atoms with E-state index in [0.29, 0.717) is 13.7 Å². The van der Waals surface area contributed by atoms with Crippen LogP contribution in [0.3, 0.4) is 0 Å². The van der Waals surface area contributed by atoms with E-state index in [1.165, 1.54) is 30.3 Å². The Labute approximate surface area is 131 Å². The van der Waals surface area contributed by atoms with Crippen LogP contribution in [-0.4, -0.2) is 11.0 Å². The number of phenolic OH excluding ortho intramolecular Hbond substituents is 1. The van der Waals surface area contributed by atoms with Crippen molar-refractivity contribution in [2.24, 2.45) is 0 Å². The van der Waals surface area contributed by atoms with Crippen molar-refractivity contribution in [3.63, 3.8) is 0 Å². The van der Waals surface area contributed by atoms with E-state index in [1.54, 1.807) is 6.07 Å². The lowest BCUT2D eigenvalue weighted by Gasteiger charge is -2.09. The number of phenols is 1. The molecule has 19 heavy (non-hydrogen) atoms. The maximum absolute atomic E-state index is 13.0. The first-order valence-corrected chi connectivity index (χ1v) is 7.09. The first-order valence-electron chi connectivity index (χ1n) is 5.22. The van der Waals surface area contributed by atoms with Gasteiger partial charge in [0.15, 0.2) is 0 Å². The van der Waals surface area contributed by atoms with Crippen LogP contribution in [0.4, 0.5) is 10.1 Å². The van der Waals surface area contributed by atoms with Gasteiger partial charge in [0.05, 0.1) is 11.3 Å². The molecule has 0 aliphatic carbocycles. The number of anilines is 1. The van der Waals surface area contributed by atoms with Crippen LogP contribution in [0.25, 0.3) is 0 Å². The summed E-state index contributed by atoms with van der Waals surface area (Å²) in [6, 6.07) is 8.65. The van der Waals surface area contributed by atoms with Crippen molar-refractivity contribution >= 4 is 50.1 Å². The third kappa shape index (κ3) is 3.44. The van der Waals surface area contributed by atoms with Crippen LogP contribution in [0.5, 0.6) is 5.75 Å². The molecule has 0 saturated carbocycles. The largest absolute Gasteiger partial charge is 0.507 e. The minimum atomic E-state index is -0.450. The molecule has 2 rings (SSSR count). The maximum Gasteiger partial charge on any atom is 0.259 e. The Morgan fingerprint density at radius 1 is 1.26 bits per heavy atom. The number of carbonyl (C=O) groups is 1. The van der Waals surface area contributed by atoms with Gasteiger partial charge in [-0.25, -0.2) is 4.39 Å². The normalized spacial score (nSPS) is 10.3. The van der Waals surface area contributed by atoms with E-state index in [0.717, 1.165) is 0 Å². The Balaban J connectivity index is 2.25. The zero-order valence-corrected chi connectivity index (χ0v) is 13.2. The number of benzene rings is 2. The lowest BCUT2D eigenvalue weighted by molar-refractivity contribution is 0.102. The topological polar surface area (TPSA) is 49.3 Å². The molecule has 2 N–H and O–H groups in total. The average molecular weight is 436 g/mol. The molecule has 1 amide bonds. The van der Waals surface area contributed by atoms with Gasteiger partial charge < -0.3 is 10.4 Å². The van der Waals surface area contributed by atoms with E-state index >= 15 is 0 Å². The zero-order valence-electron chi connectivity index (χ0n) is 9.45. The zero-order chi connectivity index (χ0) is 14.0. The number of aromatic hydroxyl groups is 1. The van der Waals surface area contributed by atoms with E-state index in [1.807, 2.05) is 22.6 Å². The Kier molecular flexibility index (Phi) is 4.41. The Bertz CT molecular complexity index is 649. The molecular weight excluding hydrogens is 428 g/mol. The second-order valence-electron chi connectivity index (χ2n) is 3.74. The minimum Gasteiger partial charge on any atom is -0.507 e. The first kappa shape index (κ1) is 14.3. The Morgan fingerprint density at radius 3 is 2.63 bits per heavy atom. The van der Waals surface area contributed by atoms with Gasteiger partial charge in [-0.1, -0.05) is 15.9 Å². The molecule has 0 bridgehead atoms. The molecule has 0 radical (unpaired) electrons. The molecule has 0 spiro atoms. The number of amides is 1. The van der Waals surface area contributed by atoms with Crippen molar-refractivity contribution in [1.29, 1.82) is 0 Å². The van der Waals surface area contributed by atoms with Crippen LogP contribution >= 0.6 is 38.5 Å². The van der Waals surface area contributed by atoms with Crippen molar-refractivity contribution in [2.45, 2.75) is 0 Å². The molecule has 2 aromatic rings. The van der Waals surface area contributed by atoms with Gasteiger partial charge in [0.1, 0.15) is 11.6 Å². The molecule has 3 nitrogen and oxygen atoms in total. The quantitative estimate of drug-likeness (QED) is 0.696. The number of hydrogen-bond donors (Lipinski definition) is 2. The smallest absolute Gasteiger partial charge is 0.259 e. The highest BCUT2D eigenvalue weighted by Gasteiger charge is 2.13. The van der Waals surface area contributed by atoms with E-state index in [2.05, 4.69) is 21.2 Å². The van der Waals surface area contributed by atoms with Gasteiger partial charge in [0.2, 0.25) is 0 Å². The van der Waals surface area contributed by atoms with Crippen LogP contribution in [0.2, 0.25) is 0 Å². The molecule has 0 heterocycles. The molecular formula is C13H8BrFINO2. The fourth-order valence-electron chi connectivity index (χ4n) is 1.48. The molecule has 0 aliphatic heterocycles. The van der Waals surface area contributed by atoms with Crippen molar-refractivity contribution in [3.05, 3.63) is 55.8 Å². The van der Waals surface area contributed by atoms with Crippen LogP contribution in [0.1, 0.15) is 10.4 Å². The SMILES string of the molecule is O=C(Nc1ccc(F)cc1I)c1ccc(Br)cc1O. The van der Waals surface area contributed by atoms with Gasteiger partial charge in [-0.2, -0.15) is 0 Å². The number of halogens is 3. The van der Waals surface area contributed by atoms with Gasteiger partial charge >= 0.3 is 0 Å². The van der Waals surface area contributed by atoms with Crippen LogP contribution in [0.15, 0.2) is 40.9 Å². The van der Waals surface area contributed by atoms with Gasteiger partial charge in [0.25, 0.3) is 5.91 Å². The van der Waals surface area contributed by atoms with E-state index < -0.39 is 5.91 Å². The minimum absolute atomic E-state index is 0.121. The number of nitrogens with one attached hydrogen (secondary N) is 1. The van der Waals surface area contributed by atoms with Crippen LogP contribution in [-0.2, 0) is 0 Å². The van der Waals surface area contributed by atoms with Gasteiger partial charge in [0, 0.05) is 8.04 Å². The van der Waals surface area contributed by atoms with Crippen LogP contribution < -0.4 is 5.32 Å². The lowest BCUT2D eigenvalue weighted by Crippen LogP contribution is -2.13. The monoisotopic (exact) mass is 435 g/mol. The molecule has 6 heteroatoms. The molecule has 2 aromatic carbocycles. The summed E-state index contributed by atoms with van der Waals surface area (Å²) in [4.78, 5) is 12.0. The second-order valence-corrected chi connectivity index (χ2v) is 5.82. The molecule has 0 aliphatic rings. The number of carbonyl (C=O) groups excluding carboxylic acids is 1. The molecule has 0 saturated heterocycles. The molecule has 0 unspecified atom stereocenters. The van der Waals surface area contributed by atoms with Gasteiger partial charge in [-0.15, -0.1) is 0 Å². The van der Waals surface area contributed by atoms with Crippen molar-refractivity contribution < 1.29 is 14.3 Å². The summed E-state index contributed by atoms with van der Waals surface area (Å²) in [6.45, 7) is 0. The van der Waals surface area contributed by atoms with E-state index in [9.17, 15) is 14.3 Å². The summed E-state index contributed by atoms with van der Waals surface area (Å²) in [5.41, 5.74) is 0.651. The second kappa shape index (κ2) is 5.87. The summed E-state index contributed by atoms with van der Waals surface area (Å²) in [5.74, 6) is -0.938. The summed E-state index contributed by atoms with van der Waals surface area (Å²) in [6.07, 6.45) is 0. The highest BCUT2D eigenvalue weighted by Crippen LogP contribution is 2.25. The summed E-state index contributed by atoms with van der Waals surface area (Å²) in [7, 11) is 0. The predicted molar refractivity (Wildman–Crippen MR) is 82.9 cm³/mol. The van der Waals surface area contributed by atoms with Gasteiger partial charge in [-0.3, -0.25) is 4.79 Å². The Morgan fingerprint density at radius 2 is 2.00 bits per heavy atom. The predicted octanol–water partition coefficient (Wildman–Crippen LogP) is 4.15. The van der Waals surface area contributed by atoms with E-state index in [-0.39, 0.29) is 17.1 Å². The highest BCUT2D eigenvalue weighted by molar-refractivity contribution is 14.1. The lowest BCUT2D eigenvalue weighted by atomic mass is 10.2.